The highest BCUT2D eigenvalue weighted by Crippen LogP contribution is 2.31. The van der Waals surface area contributed by atoms with Crippen molar-refractivity contribution >= 4 is 11.2 Å². The van der Waals surface area contributed by atoms with E-state index in [2.05, 4.69) is 15.0 Å². The molecule has 2 heterocycles. The predicted octanol–water partition coefficient (Wildman–Crippen LogP) is 5.45. The summed E-state index contributed by atoms with van der Waals surface area (Å²) in [7, 11) is 0. The van der Waals surface area contributed by atoms with Crippen LogP contribution in [0.4, 0.5) is 8.78 Å². The molecule has 0 aliphatic rings. The molecule has 0 fully saturated rings. The molecule has 0 spiro atoms. The largest absolute Gasteiger partial charge is 0.476 e. The highest BCUT2D eigenvalue weighted by atomic mass is 19.1. The fourth-order valence-electron chi connectivity index (χ4n) is 2.72. The Morgan fingerprint density at radius 2 is 1.79 bits per heavy atom. The van der Waals surface area contributed by atoms with Crippen LogP contribution in [0.5, 0.6) is 17.6 Å². The maximum Gasteiger partial charge on any atom is 0.328 e. The summed E-state index contributed by atoms with van der Waals surface area (Å²) in [6.07, 6.45) is 0.749. The Hall–Kier alpha value is -3.55. The smallest absolute Gasteiger partial charge is 0.328 e. The number of aryl methyl sites for hydroxylation is 1. The molecule has 29 heavy (non-hydrogen) atoms. The first-order valence-electron chi connectivity index (χ1n) is 9.04. The Balaban J connectivity index is 1.77. The van der Waals surface area contributed by atoms with Gasteiger partial charge in [0.2, 0.25) is 5.89 Å². The van der Waals surface area contributed by atoms with Crippen molar-refractivity contribution in [2.45, 2.75) is 20.3 Å². The first kappa shape index (κ1) is 18.8. The molecule has 0 radical (unpaired) electrons. The highest BCUT2D eigenvalue weighted by molar-refractivity contribution is 5.78. The zero-order valence-electron chi connectivity index (χ0n) is 15.8. The molecule has 2 aromatic heterocycles. The van der Waals surface area contributed by atoms with Crippen LogP contribution in [-0.4, -0.2) is 21.6 Å². The van der Waals surface area contributed by atoms with E-state index in [0.717, 1.165) is 35.7 Å². The molecule has 148 valence electrons. The molecular formula is C21H17F2N3O3. The van der Waals surface area contributed by atoms with Crippen LogP contribution < -0.4 is 9.47 Å². The van der Waals surface area contributed by atoms with Crippen molar-refractivity contribution in [3.63, 3.8) is 0 Å². The summed E-state index contributed by atoms with van der Waals surface area (Å²) in [4.78, 5) is 12.8. The monoisotopic (exact) mass is 397 g/mol. The first-order valence-corrected chi connectivity index (χ1v) is 9.04. The molecular weight excluding hydrogens is 380 g/mol. The molecule has 0 amide bonds. The second-order valence-electron chi connectivity index (χ2n) is 6.41. The van der Waals surface area contributed by atoms with E-state index in [0.29, 0.717) is 18.0 Å². The van der Waals surface area contributed by atoms with Gasteiger partial charge in [-0.25, -0.2) is 13.8 Å². The molecule has 4 aromatic rings. The fourth-order valence-corrected chi connectivity index (χ4v) is 2.72. The van der Waals surface area contributed by atoms with Crippen molar-refractivity contribution in [3.8, 4) is 29.1 Å². The molecule has 0 bridgehead atoms. The second kappa shape index (κ2) is 7.83. The molecule has 6 nitrogen and oxygen atoms in total. The van der Waals surface area contributed by atoms with Crippen molar-refractivity contribution < 1.29 is 22.7 Å². The predicted molar refractivity (Wildman–Crippen MR) is 102 cm³/mol. The zero-order chi connectivity index (χ0) is 20.4. The summed E-state index contributed by atoms with van der Waals surface area (Å²) in [5.41, 5.74) is 2.32. The van der Waals surface area contributed by atoms with Crippen molar-refractivity contribution in [1.29, 1.82) is 0 Å². The van der Waals surface area contributed by atoms with E-state index in [1.165, 1.54) is 0 Å². The molecule has 4 rings (SSSR count). The van der Waals surface area contributed by atoms with E-state index >= 15 is 0 Å². The second-order valence-corrected chi connectivity index (χ2v) is 6.41. The van der Waals surface area contributed by atoms with Gasteiger partial charge >= 0.3 is 6.01 Å². The van der Waals surface area contributed by atoms with Gasteiger partial charge in [-0.1, -0.05) is 24.6 Å². The van der Waals surface area contributed by atoms with Gasteiger partial charge in [0, 0.05) is 23.8 Å². The SMILES string of the molecule is CCCOc1nc(Oc2cc(F)cc(F)c2)nc2oc(-c3cccc(C)c3)nc12. The van der Waals surface area contributed by atoms with Gasteiger partial charge in [0.05, 0.1) is 6.61 Å². The third-order valence-electron chi connectivity index (χ3n) is 3.96. The number of oxazole rings is 1. The average molecular weight is 397 g/mol. The summed E-state index contributed by atoms with van der Waals surface area (Å²) in [6.45, 7) is 4.31. The number of aromatic nitrogens is 3. The van der Waals surface area contributed by atoms with Crippen LogP contribution in [-0.2, 0) is 0 Å². The number of benzene rings is 2. The Bertz CT molecular complexity index is 1160. The maximum absolute atomic E-state index is 13.4. The number of rotatable bonds is 6. The number of hydrogen-bond donors (Lipinski definition) is 0. The number of ether oxygens (including phenoxy) is 2. The lowest BCUT2D eigenvalue weighted by Crippen LogP contribution is -2.01. The topological polar surface area (TPSA) is 70.3 Å². The standard InChI is InChI=1S/C21H17F2N3O3/c1-3-7-27-19-17-20(29-18(24-17)13-6-4-5-12(2)8-13)26-21(25-19)28-16-10-14(22)9-15(23)11-16/h4-6,8-11H,3,7H2,1-2H3. The van der Waals surface area contributed by atoms with E-state index in [-0.39, 0.29) is 23.4 Å². The minimum Gasteiger partial charge on any atom is -0.476 e. The lowest BCUT2D eigenvalue weighted by atomic mass is 10.1. The van der Waals surface area contributed by atoms with Crippen molar-refractivity contribution in [3.05, 3.63) is 59.7 Å². The van der Waals surface area contributed by atoms with Crippen LogP contribution in [0.1, 0.15) is 18.9 Å². The Morgan fingerprint density at radius 1 is 1.00 bits per heavy atom. The van der Waals surface area contributed by atoms with E-state index < -0.39 is 11.6 Å². The molecule has 8 heteroatoms. The van der Waals surface area contributed by atoms with Crippen LogP contribution in [0.25, 0.3) is 22.7 Å². The summed E-state index contributed by atoms with van der Waals surface area (Å²) in [6, 6.07) is 10.3. The molecule has 0 aliphatic heterocycles. The summed E-state index contributed by atoms with van der Waals surface area (Å²) in [5.74, 6) is -1.10. The van der Waals surface area contributed by atoms with Gasteiger partial charge in [-0.05, 0) is 25.5 Å². The van der Waals surface area contributed by atoms with Crippen molar-refractivity contribution in [1.82, 2.24) is 15.0 Å². The maximum atomic E-state index is 13.4. The van der Waals surface area contributed by atoms with E-state index in [1.54, 1.807) is 0 Å². The van der Waals surface area contributed by atoms with Crippen LogP contribution in [0.15, 0.2) is 46.9 Å². The summed E-state index contributed by atoms with van der Waals surface area (Å²) in [5, 5.41) is 0. The Labute approximate surface area is 165 Å². The minimum absolute atomic E-state index is 0.0817. The van der Waals surface area contributed by atoms with Gasteiger partial charge in [-0.2, -0.15) is 9.97 Å². The van der Waals surface area contributed by atoms with Gasteiger partial charge in [0.25, 0.3) is 11.6 Å². The normalized spacial score (nSPS) is 11.0. The summed E-state index contributed by atoms with van der Waals surface area (Å²) < 4.78 is 43.8. The van der Waals surface area contributed by atoms with Gasteiger partial charge in [-0.3, -0.25) is 0 Å². The lowest BCUT2D eigenvalue weighted by Gasteiger charge is -2.07. The number of fused-ring (bicyclic) bond motifs is 1. The third kappa shape index (κ3) is 4.16. The molecule has 2 aromatic carbocycles. The van der Waals surface area contributed by atoms with Crippen LogP contribution >= 0.6 is 0 Å². The van der Waals surface area contributed by atoms with Gasteiger partial charge in [0.15, 0.2) is 5.52 Å². The number of hydrogen-bond acceptors (Lipinski definition) is 6. The van der Waals surface area contributed by atoms with Crippen LogP contribution in [0.3, 0.4) is 0 Å². The first-order chi connectivity index (χ1) is 14.0. The molecule has 0 N–H and O–H groups in total. The Kier molecular flexibility index (Phi) is 5.07. The van der Waals surface area contributed by atoms with Crippen LogP contribution in [0, 0.1) is 18.6 Å². The lowest BCUT2D eigenvalue weighted by molar-refractivity contribution is 0.302. The van der Waals surface area contributed by atoms with E-state index in [1.807, 2.05) is 38.1 Å². The molecule has 0 aliphatic carbocycles. The molecule has 0 saturated heterocycles. The molecule has 0 saturated carbocycles. The van der Waals surface area contributed by atoms with Crippen molar-refractivity contribution in [2.24, 2.45) is 0 Å². The number of halogens is 2. The Morgan fingerprint density at radius 3 is 2.52 bits per heavy atom. The van der Waals surface area contributed by atoms with Crippen LogP contribution in [0.2, 0.25) is 0 Å². The molecule has 0 atom stereocenters. The van der Waals surface area contributed by atoms with E-state index in [4.69, 9.17) is 13.9 Å². The summed E-state index contributed by atoms with van der Waals surface area (Å²) >= 11 is 0. The minimum atomic E-state index is -0.773. The van der Waals surface area contributed by atoms with Gasteiger partial charge in [0.1, 0.15) is 17.4 Å². The fraction of sp³-hybridized carbons (Fsp3) is 0.190. The van der Waals surface area contributed by atoms with Crippen molar-refractivity contribution in [2.75, 3.05) is 6.61 Å². The molecule has 0 unspecified atom stereocenters. The third-order valence-corrected chi connectivity index (χ3v) is 3.96. The quantitative estimate of drug-likeness (QED) is 0.431. The van der Waals surface area contributed by atoms with E-state index in [9.17, 15) is 8.78 Å². The average Bonchev–Trinajstić information content (AvgIpc) is 3.09. The number of nitrogens with zero attached hydrogens (tertiary/aromatic N) is 3. The van der Waals surface area contributed by atoms with Gasteiger partial charge in [-0.15, -0.1) is 0 Å². The highest BCUT2D eigenvalue weighted by Gasteiger charge is 2.19. The zero-order valence-corrected chi connectivity index (χ0v) is 15.8. The van der Waals surface area contributed by atoms with Gasteiger partial charge < -0.3 is 13.9 Å².